The molecule has 0 saturated carbocycles. The fourth-order valence-electron chi connectivity index (χ4n) is 3.98. The first-order valence-corrected chi connectivity index (χ1v) is 13.3. The highest BCUT2D eigenvalue weighted by atomic mass is 16.5. The molecule has 0 heterocycles. The predicted octanol–water partition coefficient (Wildman–Crippen LogP) is 6.32. The van der Waals surface area contributed by atoms with Crippen LogP contribution in [0.1, 0.15) is 26.3 Å². The van der Waals surface area contributed by atoms with Crippen LogP contribution in [-0.2, 0) is 4.79 Å². The third kappa shape index (κ3) is 8.02. The van der Waals surface area contributed by atoms with E-state index in [1.54, 1.807) is 78.9 Å². The molecule has 0 radical (unpaired) electrons. The number of ether oxygens (including phenoxy) is 3. The fourth-order valence-corrected chi connectivity index (χ4v) is 3.98. The fraction of sp³-hybridized carbons (Fsp3) is 0.0286. The summed E-state index contributed by atoms with van der Waals surface area (Å²) in [6.07, 6.45) is 1.32. The van der Waals surface area contributed by atoms with Gasteiger partial charge in [-0.25, -0.2) is 15.0 Å². The molecule has 8 nitrogen and oxygen atoms in total. The van der Waals surface area contributed by atoms with Crippen LogP contribution >= 0.6 is 0 Å². The lowest BCUT2D eigenvalue weighted by Crippen LogP contribution is -2.24. The van der Waals surface area contributed by atoms with E-state index < -0.39 is 17.8 Å². The standard InChI is InChI=1S/C35H26N2O6/c38-33(24-41-30-19-16-26(17-20-30)25-10-4-1-5-11-25)37-36-23-29-18-21-31(42-34(39)27-12-6-2-7-13-27)22-32(29)43-35(40)28-14-8-3-9-15-28/h1-23H,24H2,(H,37,38). The minimum absolute atomic E-state index is 0.0833. The molecule has 0 aliphatic rings. The summed E-state index contributed by atoms with van der Waals surface area (Å²) in [5.74, 6) is -0.881. The van der Waals surface area contributed by atoms with Gasteiger partial charge in [0.25, 0.3) is 5.91 Å². The quantitative estimate of drug-likeness (QED) is 0.0912. The van der Waals surface area contributed by atoms with Crippen LogP contribution in [0.5, 0.6) is 17.2 Å². The average Bonchev–Trinajstić information content (AvgIpc) is 3.06. The lowest BCUT2D eigenvalue weighted by Gasteiger charge is -2.11. The minimum Gasteiger partial charge on any atom is -0.484 e. The number of benzene rings is 5. The third-order valence-electron chi connectivity index (χ3n) is 6.14. The largest absolute Gasteiger partial charge is 0.484 e. The normalized spacial score (nSPS) is 10.6. The highest BCUT2D eigenvalue weighted by molar-refractivity contribution is 5.94. The summed E-state index contributed by atoms with van der Waals surface area (Å²) in [7, 11) is 0. The highest BCUT2D eigenvalue weighted by Gasteiger charge is 2.15. The van der Waals surface area contributed by atoms with Crippen molar-refractivity contribution >= 4 is 24.1 Å². The van der Waals surface area contributed by atoms with Crippen molar-refractivity contribution in [2.24, 2.45) is 5.10 Å². The first-order valence-electron chi connectivity index (χ1n) is 13.3. The molecule has 0 aromatic heterocycles. The second kappa shape index (κ2) is 14.0. The molecular weight excluding hydrogens is 544 g/mol. The molecule has 0 aliphatic heterocycles. The molecule has 0 saturated heterocycles. The number of amides is 1. The topological polar surface area (TPSA) is 103 Å². The van der Waals surface area contributed by atoms with Crippen LogP contribution < -0.4 is 19.6 Å². The lowest BCUT2D eigenvalue weighted by molar-refractivity contribution is -0.123. The summed E-state index contributed by atoms with van der Waals surface area (Å²) in [5.41, 5.74) is 5.58. The Labute approximate surface area is 248 Å². The van der Waals surface area contributed by atoms with Crippen LogP contribution in [-0.4, -0.2) is 30.7 Å². The summed E-state index contributed by atoms with van der Waals surface area (Å²) < 4.78 is 16.6. The smallest absolute Gasteiger partial charge is 0.343 e. The highest BCUT2D eigenvalue weighted by Crippen LogP contribution is 2.26. The number of hydrogen-bond acceptors (Lipinski definition) is 7. The van der Waals surface area contributed by atoms with Crippen molar-refractivity contribution in [1.82, 2.24) is 5.43 Å². The van der Waals surface area contributed by atoms with Crippen LogP contribution in [0.4, 0.5) is 0 Å². The van der Waals surface area contributed by atoms with Gasteiger partial charge in [-0.1, -0.05) is 78.9 Å². The molecule has 5 rings (SSSR count). The summed E-state index contributed by atoms with van der Waals surface area (Å²) in [6.45, 7) is -0.258. The van der Waals surface area contributed by atoms with E-state index in [0.29, 0.717) is 22.4 Å². The van der Waals surface area contributed by atoms with Gasteiger partial charge < -0.3 is 14.2 Å². The van der Waals surface area contributed by atoms with Crippen molar-refractivity contribution in [2.45, 2.75) is 0 Å². The predicted molar refractivity (Wildman–Crippen MR) is 162 cm³/mol. The van der Waals surface area contributed by atoms with Gasteiger partial charge in [-0.15, -0.1) is 0 Å². The Balaban J connectivity index is 1.23. The Bertz CT molecular complexity index is 1720. The van der Waals surface area contributed by atoms with Crippen LogP contribution in [0.15, 0.2) is 139 Å². The van der Waals surface area contributed by atoms with E-state index >= 15 is 0 Å². The van der Waals surface area contributed by atoms with E-state index in [4.69, 9.17) is 14.2 Å². The second-order valence-electron chi connectivity index (χ2n) is 9.18. The zero-order chi connectivity index (χ0) is 29.9. The zero-order valence-corrected chi connectivity index (χ0v) is 22.9. The number of nitrogens with one attached hydrogen (secondary N) is 1. The average molecular weight is 571 g/mol. The van der Waals surface area contributed by atoms with E-state index in [0.717, 1.165) is 11.1 Å². The van der Waals surface area contributed by atoms with Gasteiger partial charge in [-0.05, 0) is 59.7 Å². The van der Waals surface area contributed by atoms with Crippen molar-refractivity contribution < 1.29 is 28.6 Å². The monoisotopic (exact) mass is 570 g/mol. The maximum atomic E-state index is 12.8. The van der Waals surface area contributed by atoms with Crippen molar-refractivity contribution in [3.05, 3.63) is 150 Å². The molecular formula is C35H26N2O6. The molecule has 43 heavy (non-hydrogen) atoms. The Kier molecular flexibility index (Phi) is 9.31. The zero-order valence-electron chi connectivity index (χ0n) is 22.9. The number of hydrogen-bond donors (Lipinski definition) is 1. The first-order chi connectivity index (χ1) is 21.0. The SMILES string of the molecule is O=C(COc1ccc(-c2ccccc2)cc1)NN=Cc1ccc(OC(=O)c2ccccc2)cc1OC(=O)c1ccccc1. The molecule has 0 atom stereocenters. The van der Waals surface area contributed by atoms with Gasteiger partial charge in [-0.2, -0.15) is 5.10 Å². The van der Waals surface area contributed by atoms with Gasteiger partial charge in [0.2, 0.25) is 0 Å². The number of hydrazone groups is 1. The van der Waals surface area contributed by atoms with Crippen LogP contribution in [0.3, 0.4) is 0 Å². The van der Waals surface area contributed by atoms with E-state index in [2.05, 4.69) is 10.5 Å². The van der Waals surface area contributed by atoms with Crippen molar-refractivity contribution in [3.63, 3.8) is 0 Å². The molecule has 212 valence electrons. The molecule has 1 amide bonds. The number of esters is 2. The van der Waals surface area contributed by atoms with Gasteiger partial charge in [0, 0.05) is 11.6 Å². The molecule has 8 heteroatoms. The first kappa shape index (κ1) is 28.5. The Morgan fingerprint density at radius 1 is 0.605 bits per heavy atom. The minimum atomic E-state index is -0.613. The molecule has 0 fully saturated rings. The third-order valence-corrected chi connectivity index (χ3v) is 6.14. The molecule has 0 spiro atoms. The van der Waals surface area contributed by atoms with Crippen LogP contribution in [0.2, 0.25) is 0 Å². The molecule has 0 aliphatic carbocycles. The van der Waals surface area contributed by atoms with E-state index in [-0.39, 0.29) is 18.1 Å². The Morgan fingerprint density at radius 2 is 1.14 bits per heavy atom. The van der Waals surface area contributed by atoms with Gasteiger partial charge >= 0.3 is 11.9 Å². The van der Waals surface area contributed by atoms with Crippen molar-refractivity contribution in [3.8, 4) is 28.4 Å². The van der Waals surface area contributed by atoms with Gasteiger partial charge in [0.05, 0.1) is 17.3 Å². The molecule has 0 bridgehead atoms. The lowest BCUT2D eigenvalue weighted by atomic mass is 10.1. The summed E-state index contributed by atoms with van der Waals surface area (Å²) >= 11 is 0. The summed E-state index contributed by atoms with van der Waals surface area (Å²) in [6, 6.07) is 38.8. The second-order valence-corrected chi connectivity index (χ2v) is 9.18. The summed E-state index contributed by atoms with van der Waals surface area (Å²) in [5, 5.41) is 3.98. The number of rotatable bonds is 10. The number of carbonyl (C=O) groups excluding carboxylic acids is 3. The van der Waals surface area contributed by atoms with Gasteiger partial charge in [0.15, 0.2) is 6.61 Å². The maximum absolute atomic E-state index is 12.8. The summed E-state index contributed by atoms with van der Waals surface area (Å²) in [4.78, 5) is 37.7. The van der Waals surface area contributed by atoms with Crippen molar-refractivity contribution in [2.75, 3.05) is 6.61 Å². The van der Waals surface area contributed by atoms with Crippen LogP contribution in [0.25, 0.3) is 11.1 Å². The van der Waals surface area contributed by atoms with E-state index in [9.17, 15) is 14.4 Å². The number of nitrogens with zero attached hydrogens (tertiary/aromatic N) is 1. The molecule has 1 N–H and O–H groups in total. The van der Waals surface area contributed by atoms with Crippen LogP contribution in [0, 0.1) is 0 Å². The van der Waals surface area contributed by atoms with E-state index in [1.807, 2.05) is 42.5 Å². The maximum Gasteiger partial charge on any atom is 0.343 e. The molecule has 5 aromatic rings. The Hall–Kier alpha value is -6.02. The number of carbonyl (C=O) groups is 3. The van der Waals surface area contributed by atoms with Gasteiger partial charge in [0.1, 0.15) is 17.2 Å². The van der Waals surface area contributed by atoms with Gasteiger partial charge in [-0.3, -0.25) is 4.79 Å². The molecule has 0 unspecified atom stereocenters. The Morgan fingerprint density at radius 3 is 1.77 bits per heavy atom. The molecule has 5 aromatic carbocycles. The van der Waals surface area contributed by atoms with Crippen molar-refractivity contribution in [1.29, 1.82) is 0 Å². The van der Waals surface area contributed by atoms with E-state index in [1.165, 1.54) is 18.3 Å².